The first kappa shape index (κ1) is 24.2. The highest BCUT2D eigenvalue weighted by Crippen LogP contribution is 2.65. The van der Waals surface area contributed by atoms with Gasteiger partial charge in [0.25, 0.3) is 0 Å². The Labute approximate surface area is 217 Å². The van der Waals surface area contributed by atoms with Crippen molar-refractivity contribution in [1.82, 2.24) is 15.1 Å². The number of amides is 2. The van der Waals surface area contributed by atoms with Gasteiger partial charge in [-0.15, -0.1) is 0 Å². The number of benzene rings is 2. The number of hydrogen-bond acceptors (Lipinski definition) is 4. The Kier molecular flexibility index (Phi) is 6.27. The molecule has 1 aliphatic heterocycles. The van der Waals surface area contributed by atoms with Crippen molar-refractivity contribution in [3.05, 3.63) is 71.3 Å². The summed E-state index contributed by atoms with van der Waals surface area (Å²) >= 11 is 0. The molecule has 4 saturated carbocycles. The highest BCUT2D eigenvalue weighted by Gasteiger charge is 2.61. The molecule has 5 fully saturated rings. The lowest BCUT2D eigenvalue weighted by Crippen LogP contribution is -2.53. The lowest BCUT2D eigenvalue weighted by Gasteiger charge is -2.40. The summed E-state index contributed by atoms with van der Waals surface area (Å²) in [7, 11) is 0. The van der Waals surface area contributed by atoms with Crippen LogP contribution in [-0.2, 0) is 9.59 Å². The van der Waals surface area contributed by atoms with E-state index in [-0.39, 0.29) is 35.4 Å². The van der Waals surface area contributed by atoms with E-state index in [2.05, 4.69) is 22.3 Å². The number of carboxylic acid groups (broad SMARTS) is 1. The molecule has 37 heavy (non-hydrogen) atoms. The van der Waals surface area contributed by atoms with Crippen molar-refractivity contribution >= 4 is 17.8 Å². The lowest BCUT2D eigenvalue weighted by molar-refractivity contribution is -0.138. The molecule has 2 amide bonds. The average Bonchev–Trinajstić information content (AvgIpc) is 3.33. The van der Waals surface area contributed by atoms with Gasteiger partial charge in [0, 0.05) is 26.2 Å². The van der Waals surface area contributed by atoms with Gasteiger partial charge in [0.1, 0.15) is 0 Å². The zero-order valence-corrected chi connectivity index (χ0v) is 21.1. The van der Waals surface area contributed by atoms with Gasteiger partial charge in [-0.05, 0) is 73.1 Å². The van der Waals surface area contributed by atoms with Gasteiger partial charge in [-0.2, -0.15) is 0 Å². The third kappa shape index (κ3) is 4.43. The Morgan fingerprint density at radius 2 is 1.49 bits per heavy atom. The second-order valence-electron chi connectivity index (χ2n) is 11.5. The van der Waals surface area contributed by atoms with Crippen LogP contribution in [-0.4, -0.2) is 65.4 Å². The number of hydrogen-bond donors (Lipinski definition) is 2. The monoisotopic (exact) mass is 501 g/mol. The number of carbonyl (C=O) groups excluding carboxylic acids is 2. The van der Waals surface area contributed by atoms with Gasteiger partial charge in [-0.25, -0.2) is 4.79 Å². The first-order valence-electron chi connectivity index (χ1n) is 13.6. The molecule has 2 N–H and O–H groups in total. The molecule has 1 heterocycles. The molecule has 4 aliphatic carbocycles. The largest absolute Gasteiger partial charge is 0.478 e. The van der Waals surface area contributed by atoms with Crippen LogP contribution in [0.15, 0.2) is 54.6 Å². The molecule has 7 rings (SSSR count). The SMILES string of the molecule is O=C(O)c1ccc(C(c2ccccc2)N2CCN(C(=O)CNC(=O)C34CC5CC(CC3C5)C4)CC2)cc1. The van der Waals surface area contributed by atoms with Crippen LogP contribution in [0.25, 0.3) is 0 Å². The average molecular weight is 502 g/mol. The smallest absolute Gasteiger partial charge is 0.335 e. The maximum absolute atomic E-state index is 13.2. The number of rotatable bonds is 7. The summed E-state index contributed by atoms with van der Waals surface area (Å²) in [4.78, 5) is 41.8. The Bertz CT molecular complexity index is 1160. The molecule has 7 heteroatoms. The van der Waals surface area contributed by atoms with E-state index in [1.165, 1.54) is 19.3 Å². The van der Waals surface area contributed by atoms with Gasteiger partial charge >= 0.3 is 5.97 Å². The van der Waals surface area contributed by atoms with E-state index in [1.807, 2.05) is 35.2 Å². The molecule has 1 saturated heterocycles. The van der Waals surface area contributed by atoms with Crippen LogP contribution in [0.2, 0.25) is 0 Å². The van der Waals surface area contributed by atoms with Gasteiger partial charge in [-0.3, -0.25) is 14.5 Å². The van der Waals surface area contributed by atoms with Crippen molar-refractivity contribution in [3.63, 3.8) is 0 Å². The maximum atomic E-state index is 13.2. The molecule has 7 nitrogen and oxygen atoms in total. The predicted molar refractivity (Wildman–Crippen MR) is 139 cm³/mol. The van der Waals surface area contributed by atoms with Gasteiger partial charge < -0.3 is 15.3 Å². The van der Waals surface area contributed by atoms with Crippen LogP contribution in [0.3, 0.4) is 0 Å². The van der Waals surface area contributed by atoms with E-state index in [9.17, 15) is 19.5 Å². The topological polar surface area (TPSA) is 89.9 Å². The second kappa shape index (κ2) is 9.60. The van der Waals surface area contributed by atoms with Crippen molar-refractivity contribution in [2.75, 3.05) is 32.7 Å². The van der Waals surface area contributed by atoms with Crippen LogP contribution in [0.1, 0.15) is 59.6 Å². The van der Waals surface area contributed by atoms with E-state index in [0.29, 0.717) is 43.9 Å². The molecule has 194 valence electrons. The molecule has 5 aliphatic rings. The predicted octanol–water partition coefficient (Wildman–Crippen LogP) is 3.56. The van der Waals surface area contributed by atoms with Gasteiger partial charge in [0.05, 0.1) is 23.6 Å². The molecule has 2 aromatic carbocycles. The second-order valence-corrected chi connectivity index (χ2v) is 11.5. The van der Waals surface area contributed by atoms with Crippen LogP contribution >= 0.6 is 0 Å². The van der Waals surface area contributed by atoms with E-state index in [0.717, 1.165) is 24.0 Å². The fourth-order valence-corrected chi connectivity index (χ4v) is 7.90. The minimum atomic E-state index is -0.935. The van der Waals surface area contributed by atoms with Crippen molar-refractivity contribution in [2.24, 2.45) is 23.2 Å². The first-order valence-corrected chi connectivity index (χ1v) is 13.6. The fourth-order valence-electron chi connectivity index (χ4n) is 7.90. The third-order valence-corrected chi connectivity index (χ3v) is 9.46. The Balaban J connectivity index is 1.08. The highest BCUT2D eigenvalue weighted by molar-refractivity contribution is 5.89. The zero-order chi connectivity index (χ0) is 25.6. The van der Waals surface area contributed by atoms with Crippen molar-refractivity contribution in [2.45, 2.75) is 38.1 Å². The molecular weight excluding hydrogens is 466 g/mol. The van der Waals surface area contributed by atoms with Gasteiger partial charge in [0.15, 0.2) is 0 Å². The number of nitrogens with one attached hydrogen (secondary N) is 1. The van der Waals surface area contributed by atoms with Crippen molar-refractivity contribution in [1.29, 1.82) is 0 Å². The van der Waals surface area contributed by atoms with E-state index in [4.69, 9.17) is 0 Å². The third-order valence-electron chi connectivity index (χ3n) is 9.46. The Morgan fingerprint density at radius 1 is 0.865 bits per heavy atom. The Hall–Kier alpha value is -3.19. The minimum Gasteiger partial charge on any atom is -0.478 e. The summed E-state index contributed by atoms with van der Waals surface area (Å²) in [6.07, 6.45) is 5.72. The van der Waals surface area contributed by atoms with E-state index >= 15 is 0 Å². The van der Waals surface area contributed by atoms with E-state index < -0.39 is 5.97 Å². The molecule has 0 spiro atoms. The zero-order valence-electron chi connectivity index (χ0n) is 21.1. The lowest BCUT2D eigenvalue weighted by atomic mass is 9.75. The van der Waals surface area contributed by atoms with Crippen LogP contribution < -0.4 is 5.32 Å². The summed E-state index contributed by atoms with van der Waals surface area (Å²) < 4.78 is 0. The number of piperazine rings is 1. The maximum Gasteiger partial charge on any atom is 0.335 e. The molecule has 3 unspecified atom stereocenters. The summed E-state index contributed by atoms with van der Waals surface area (Å²) in [5.74, 6) is 1.12. The van der Waals surface area contributed by atoms with Crippen LogP contribution in [0.5, 0.6) is 0 Å². The standard InChI is InChI=1S/C30H35N3O4/c34-26(19-31-29(37)30-17-20-14-21(18-30)16-25(30)15-20)32-10-12-33(13-11-32)27(22-4-2-1-3-5-22)23-6-8-24(9-7-23)28(35)36/h1-9,20-21,25,27H,10-19H2,(H,31,37)(H,35,36). The molecule has 2 aromatic rings. The fraction of sp³-hybridized carbons (Fsp3) is 0.500. The number of nitrogens with zero attached hydrogens (tertiary/aromatic N) is 2. The highest BCUT2D eigenvalue weighted by atomic mass is 16.4. The summed E-state index contributed by atoms with van der Waals surface area (Å²) in [6.45, 7) is 2.69. The summed E-state index contributed by atoms with van der Waals surface area (Å²) in [5, 5.41) is 12.3. The molecule has 0 radical (unpaired) electrons. The molecule has 4 bridgehead atoms. The summed E-state index contributed by atoms with van der Waals surface area (Å²) in [5.41, 5.74) is 2.23. The van der Waals surface area contributed by atoms with Crippen LogP contribution in [0, 0.1) is 23.2 Å². The minimum absolute atomic E-state index is 0.0100. The van der Waals surface area contributed by atoms with Crippen molar-refractivity contribution in [3.8, 4) is 0 Å². The number of aromatic carboxylic acids is 1. The molecule has 3 atom stereocenters. The first-order chi connectivity index (χ1) is 17.9. The number of carboxylic acids is 1. The summed E-state index contributed by atoms with van der Waals surface area (Å²) in [6, 6.07) is 17.2. The normalized spacial score (nSPS) is 29.3. The van der Waals surface area contributed by atoms with Gasteiger partial charge in [0.2, 0.25) is 11.8 Å². The number of carbonyl (C=O) groups is 3. The van der Waals surface area contributed by atoms with Gasteiger partial charge in [-0.1, -0.05) is 42.5 Å². The molecular formula is C30H35N3O4. The Morgan fingerprint density at radius 3 is 2.11 bits per heavy atom. The quantitative estimate of drug-likeness (QED) is 0.606. The van der Waals surface area contributed by atoms with E-state index in [1.54, 1.807) is 12.1 Å². The van der Waals surface area contributed by atoms with Crippen LogP contribution in [0.4, 0.5) is 0 Å². The molecule has 0 aromatic heterocycles. The van der Waals surface area contributed by atoms with Crippen molar-refractivity contribution < 1.29 is 19.5 Å².